The number of aryl methyl sites for hydroxylation is 1. The Kier molecular flexibility index (Phi) is 6.29. The van der Waals surface area contributed by atoms with Crippen molar-refractivity contribution >= 4 is 21.6 Å². The second-order valence-corrected chi connectivity index (χ2v) is 10.1. The molecule has 2 saturated heterocycles. The predicted molar refractivity (Wildman–Crippen MR) is 118 cm³/mol. The lowest BCUT2D eigenvalue weighted by Crippen LogP contribution is -2.49. The van der Waals surface area contributed by atoms with Crippen molar-refractivity contribution in [1.82, 2.24) is 9.21 Å². The molecule has 0 saturated carbocycles. The molecule has 0 atom stereocenters. The molecule has 0 N–H and O–H groups in total. The van der Waals surface area contributed by atoms with Crippen LogP contribution in [0.2, 0.25) is 0 Å². The van der Waals surface area contributed by atoms with Crippen molar-refractivity contribution in [3.63, 3.8) is 0 Å². The van der Waals surface area contributed by atoms with Gasteiger partial charge < -0.3 is 9.80 Å². The first-order valence-electron chi connectivity index (χ1n) is 10.8. The Morgan fingerprint density at radius 2 is 1.58 bits per heavy atom. The number of anilines is 1. The molecular weight excluding hydrogens is 417 g/mol. The summed E-state index contributed by atoms with van der Waals surface area (Å²) >= 11 is 0. The Morgan fingerprint density at radius 1 is 0.903 bits per heavy atom. The number of piperidine rings is 1. The van der Waals surface area contributed by atoms with E-state index in [1.807, 2.05) is 16.7 Å². The van der Waals surface area contributed by atoms with Crippen LogP contribution in [-0.2, 0) is 10.0 Å². The van der Waals surface area contributed by atoms with Gasteiger partial charge in [0, 0.05) is 44.8 Å². The summed E-state index contributed by atoms with van der Waals surface area (Å²) in [6.07, 6.45) is 3.08. The molecule has 2 aromatic carbocycles. The topological polar surface area (TPSA) is 60.9 Å². The first-order valence-corrected chi connectivity index (χ1v) is 12.2. The van der Waals surface area contributed by atoms with Crippen LogP contribution >= 0.6 is 0 Å². The van der Waals surface area contributed by atoms with E-state index < -0.39 is 10.0 Å². The second-order valence-electron chi connectivity index (χ2n) is 8.17. The summed E-state index contributed by atoms with van der Waals surface area (Å²) in [4.78, 5) is 16.8. The van der Waals surface area contributed by atoms with Crippen LogP contribution in [0.3, 0.4) is 0 Å². The lowest BCUT2D eigenvalue weighted by molar-refractivity contribution is 0.0723. The highest BCUT2D eigenvalue weighted by Gasteiger charge is 2.30. The van der Waals surface area contributed by atoms with E-state index in [1.165, 1.54) is 16.4 Å². The van der Waals surface area contributed by atoms with E-state index >= 15 is 0 Å². The van der Waals surface area contributed by atoms with Crippen molar-refractivity contribution in [2.24, 2.45) is 0 Å². The van der Waals surface area contributed by atoms with Crippen molar-refractivity contribution in [2.45, 2.75) is 31.1 Å². The number of likely N-dealkylation sites (tertiary alicyclic amines) is 1. The van der Waals surface area contributed by atoms with Crippen LogP contribution in [0.1, 0.15) is 35.2 Å². The lowest BCUT2D eigenvalue weighted by Gasteiger charge is -2.35. The van der Waals surface area contributed by atoms with E-state index in [-0.39, 0.29) is 29.7 Å². The minimum absolute atomic E-state index is 0.0985. The van der Waals surface area contributed by atoms with Crippen molar-refractivity contribution in [1.29, 1.82) is 0 Å². The lowest BCUT2D eigenvalue weighted by atomic mass is 10.1. The van der Waals surface area contributed by atoms with E-state index in [2.05, 4.69) is 0 Å². The SMILES string of the molecule is Cc1ccc(S(=O)(=O)N2CCN(c3ccccc3F)CC2)cc1C(=O)N1CCCCC1. The molecule has 1 amide bonds. The number of amides is 1. The Labute approximate surface area is 183 Å². The molecule has 2 aliphatic rings. The second kappa shape index (κ2) is 8.96. The first-order chi connectivity index (χ1) is 14.9. The average Bonchev–Trinajstić information content (AvgIpc) is 2.80. The maximum absolute atomic E-state index is 14.1. The third kappa shape index (κ3) is 4.45. The van der Waals surface area contributed by atoms with E-state index in [0.29, 0.717) is 37.4 Å². The van der Waals surface area contributed by atoms with Crippen molar-refractivity contribution in [3.05, 3.63) is 59.4 Å². The molecule has 6 nitrogen and oxygen atoms in total. The minimum atomic E-state index is -3.74. The molecule has 2 heterocycles. The predicted octanol–water partition coefficient (Wildman–Crippen LogP) is 3.27. The number of sulfonamides is 1. The van der Waals surface area contributed by atoms with E-state index in [4.69, 9.17) is 0 Å². The molecular formula is C23H28FN3O3S. The molecule has 0 aromatic heterocycles. The fourth-order valence-corrected chi connectivity index (χ4v) is 5.73. The van der Waals surface area contributed by atoms with Crippen molar-refractivity contribution < 1.29 is 17.6 Å². The van der Waals surface area contributed by atoms with Gasteiger partial charge in [-0.3, -0.25) is 4.79 Å². The number of para-hydroxylation sites is 1. The van der Waals surface area contributed by atoms with Gasteiger partial charge in [-0.05, 0) is 56.0 Å². The van der Waals surface area contributed by atoms with Gasteiger partial charge in [-0.25, -0.2) is 12.8 Å². The van der Waals surface area contributed by atoms with Crippen LogP contribution in [0, 0.1) is 12.7 Å². The van der Waals surface area contributed by atoms with Gasteiger partial charge >= 0.3 is 0 Å². The van der Waals surface area contributed by atoms with Gasteiger partial charge in [-0.15, -0.1) is 0 Å². The van der Waals surface area contributed by atoms with Crippen LogP contribution in [-0.4, -0.2) is 62.8 Å². The summed E-state index contributed by atoms with van der Waals surface area (Å²) < 4.78 is 42.0. The zero-order valence-electron chi connectivity index (χ0n) is 17.8. The highest BCUT2D eigenvalue weighted by Crippen LogP contribution is 2.25. The van der Waals surface area contributed by atoms with E-state index in [1.54, 1.807) is 30.3 Å². The smallest absolute Gasteiger partial charge is 0.254 e. The Morgan fingerprint density at radius 3 is 2.26 bits per heavy atom. The molecule has 8 heteroatoms. The maximum Gasteiger partial charge on any atom is 0.254 e. The summed E-state index contributed by atoms with van der Waals surface area (Å²) in [5.41, 5.74) is 1.72. The zero-order valence-corrected chi connectivity index (χ0v) is 18.6. The molecule has 0 radical (unpaired) electrons. The number of rotatable bonds is 4. The van der Waals surface area contributed by atoms with Gasteiger partial charge in [0.05, 0.1) is 10.6 Å². The van der Waals surface area contributed by atoms with E-state index in [0.717, 1.165) is 24.8 Å². The van der Waals surface area contributed by atoms with Gasteiger partial charge in [-0.2, -0.15) is 4.31 Å². The number of hydrogen-bond acceptors (Lipinski definition) is 4. The fourth-order valence-electron chi connectivity index (χ4n) is 4.29. The van der Waals surface area contributed by atoms with Crippen molar-refractivity contribution in [2.75, 3.05) is 44.2 Å². The van der Waals surface area contributed by atoms with Gasteiger partial charge in [0.25, 0.3) is 5.91 Å². The van der Waals surface area contributed by atoms with Crippen LogP contribution in [0.25, 0.3) is 0 Å². The summed E-state index contributed by atoms with van der Waals surface area (Å²) in [6, 6.07) is 11.3. The summed E-state index contributed by atoms with van der Waals surface area (Å²) in [7, 11) is -3.74. The Bertz CT molecular complexity index is 1060. The van der Waals surface area contributed by atoms with Gasteiger partial charge in [0.1, 0.15) is 5.82 Å². The Hall–Kier alpha value is -2.45. The fraction of sp³-hybridized carbons (Fsp3) is 0.435. The number of benzene rings is 2. The van der Waals surface area contributed by atoms with Crippen molar-refractivity contribution in [3.8, 4) is 0 Å². The first kappa shape index (κ1) is 21.8. The molecule has 0 spiro atoms. The molecule has 0 aliphatic carbocycles. The number of hydrogen-bond donors (Lipinski definition) is 0. The average molecular weight is 446 g/mol. The summed E-state index contributed by atoms with van der Waals surface area (Å²) in [5, 5.41) is 0. The normalized spacial score (nSPS) is 18.3. The molecule has 2 aromatic rings. The van der Waals surface area contributed by atoms with Gasteiger partial charge in [0.2, 0.25) is 10.0 Å². The van der Waals surface area contributed by atoms with E-state index in [9.17, 15) is 17.6 Å². The Balaban J connectivity index is 1.51. The quantitative estimate of drug-likeness (QED) is 0.725. The molecule has 166 valence electrons. The molecule has 4 rings (SSSR count). The standard InChI is InChI=1S/C23H28FN3O3S/c1-18-9-10-19(17-20(18)23(28)26-11-5-2-6-12-26)31(29,30)27-15-13-25(14-16-27)22-8-4-3-7-21(22)24/h3-4,7-10,17H,2,5-6,11-16H2,1H3. The monoisotopic (exact) mass is 445 g/mol. The van der Waals surface area contributed by atoms with Gasteiger partial charge in [-0.1, -0.05) is 18.2 Å². The van der Waals surface area contributed by atoms with Crippen LogP contribution < -0.4 is 4.90 Å². The number of nitrogens with zero attached hydrogens (tertiary/aromatic N) is 3. The highest BCUT2D eigenvalue weighted by atomic mass is 32.2. The largest absolute Gasteiger partial charge is 0.367 e. The third-order valence-electron chi connectivity index (χ3n) is 6.15. The van der Waals surface area contributed by atoms with Crippen LogP contribution in [0.4, 0.5) is 10.1 Å². The number of halogens is 1. The molecule has 2 fully saturated rings. The third-order valence-corrected chi connectivity index (χ3v) is 8.05. The van der Waals surface area contributed by atoms with Gasteiger partial charge in [0.15, 0.2) is 0 Å². The molecule has 0 bridgehead atoms. The molecule has 0 unspecified atom stereocenters. The molecule has 31 heavy (non-hydrogen) atoms. The summed E-state index contributed by atoms with van der Waals surface area (Å²) in [5.74, 6) is -0.406. The minimum Gasteiger partial charge on any atom is -0.367 e. The summed E-state index contributed by atoms with van der Waals surface area (Å²) in [6.45, 7) is 4.61. The highest BCUT2D eigenvalue weighted by molar-refractivity contribution is 7.89. The zero-order chi connectivity index (χ0) is 22.0. The number of carbonyl (C=O) groups excluding carboxylic acids is 1. The number of piperazine rings is 1. The maximum atomic E-state index is 14.1. The van der Waals surface area contributed by atoms with Crippen LogP contribution in [0.15, 0.2) is 47.4 Å². The van der Waals surface area contributed by atoms with Crippen LogP contribution in [0.5, 0.6) is 0 Å². The molecule has 2 aliphatic heterocycles. The number of carbonyl (C=O) groups is 1.